The normalized spacial score (nSPS) is 12.4. The Morgan fingerprint density at radius 3 is 2.87 bits per heavy atom. The van der Waals surface area contributed by atoms with E-state index >= 15 is 0 Å². The van der Waals surface area contributed by atoms with Gasteiger partial charge in [-0.1, -0.05) is 6.92 Å². The summed E-state index contributed by atoms with van der Waals surface area (Å²) >= 11 is 3.00. The molecule has 0 saturated carbocycles. The topological polar surface area (TPSA) is 104 Å². The van der Waals surface area contributed by atoms with Crippen LogP contribution in [-0.2, 0) is 11.3 Å². The Balaban J connectivity index is 2.84. The van der Waals surface area contributed by atoms with Gasteiger partial charge in [-0.3, -0.25) is 4.79 Å². The van der Waals surface area contributed by atoms with Crippen LogP contribution in [0.4, 0.5) is 5.82 Å². The van der Waals surface area contributed by atoms with Crippen molar-refractivity contribution in [1.29, 1.82) is 0 Å². The van der Waals surface area contributed by atoms with Crippen LogP contribution in [0.3, 0.4) is 0 Å². The number of carbonyl (C=O) groups excluding carboxylic acids is 1. The number of rotatable bonds is 4. The first-order valence-corrected chi connectivity index (χ1v) is 4.87. The van der Waals surface area contributed by atoms with Crippen LogP contribution >= 0.6 is 15.9 Å². The Bertz CT molecular complexity index is 403. The van der Waals surface area contributed by atoms with Crippen LogP contribution in [0.25, 0.3) is 0 Å². The highest BCUT2D eigenvalue weighted by atomic mass is 79.9. The van der Waals surface area contributed by atoms with Crippen molar-refractivity contribution < 1.29 is 9.72 Å². The lowest BCUT2D eigenvalue weighted by molar-refractivity contribution is -0.390. The minimum atomic E-state index is -0.602. The standard InChI is InChI=1S/C7H9BrN4O3/c1-4(6(9)13)2-11-3-5(8)7(10-11)12(14)15/h3-4H,2H2,1H3,(H2,9,13). The summed E-state index contributed by atoms with van der Waals surface area (Å²) in [4.78, 5) is 20.6. The summed E-state index contributed by atoms with van der Waals surface area (Å²) in [5.41, 5.74) is 5.06. The monoisotopic (exact) mass is 276 g/mol. The molecule has 1 aromatic heterocycles. The van der Waals surface area contributed by atoms with Crippen molar-refractivity contribution in [2.45, 2.75) is 13.5 Å². The molecule has 0 aliphatic heterocycles. The number of amides is 1. The van der Waals surface area contributed by atoms with Crippen molar-refractivity contribution in [3.63, 3.8) is 0 Å². The Hall–Kier alpha value is -1.44. The predicted molar refractivity (Wildman–Crippen MR) is 54.9 cm³/mol. The summed E-state index contributed by atoms with van der Waals surface area (Å²) in [5, 5.41) is 14.2. The number of hydrogen-bond donors (Lipinski definition) is 1. The molecule has 1 atom stereocenters. The van der Waals surface area contributed by atoms with Crippen LogP contribution in [0.1, 0.15) is 6.92 Å². The van der Waals surface area contributed by atoms with Crippen LogP contribution in [0, 0.1) is 16.0 Å². The Morgan fingerprint density at radius 2 is 2.47 bits per heavy atom. The molecule has 0 aromatic carbocycles. The van der Waals surface area contributed by atoms with Crippen molar-refractivity contribution >= 4 is 27.7 Å². The van der Waals surface area contributed by atoms with Gasteiger partial charge in [0, 0.05) is 0 Å². The van der Waals surface area contributed by atoms with E-state index in [2.05, 4.69) is 21.0 Å². The molecule has 2 N–H and O–H groups in total. The van der Waals surface area contributed by atoms with Crippen molar-refractivity contribution in [1.82, 2.24) is 9.78 Å². The first kappa shape index (κ1) is 11.6. The molecule has 1 aromatic rings. The fourth-order valence-corrected chi connectivity index (χ4v) is 1.44. The molecular weight excluding hydrogens is 268 g/mol. The summed E-state index contributed by atoms with van der Waals surface area (Å²) in [7, 11) is 0. The first-order chi connectivity index (χ1) is 6.91. The Morgan fingerprint density at radius 1 is 1.87 bits per heavy atom. The molecule has 0 spiro atoms. The molecule has 82 valence electrons. The van der Waals surface area contributed by atoms with E-state index in [0.717, 1.165) is 0 Å². The zero-order valence-electron chi connectivity index (χ0n) is 7.88. The highest BCUT2D eigenvalue weighted by Crippen LogP contribution is 2.22. The number of nitrogens with zero attached hydrogens (tertiary/aromatic N) is 3. The molecule has 15 heavy (non-hydrogen) atoms. The van der Waals surface area contributed by atoms with Gasteiger partial charge in [0.2, 0.25) is 5.91 Å². The fraction of sp³-hybridized carbons (Fsp3) is 0.429. The molecule has 1 amide bonds. The number of primary amides is 1. The summed E-state index contributed by atoms with van der Waals surface area (Å²) in [6.45, 7) is 1.85. The van der Waals surface area contributed by atoms with Crippen LogP contribution < -0.4 is 5.73 Å². The van der Waals surface area contributed by atoms with Crippen molar-refractivity contribution in [3.05, 3.63) is 20.8 Å². The first-order valence-electron chi connectivity index (χ1n) is 4.08. The zero-order chi connectivity index (χ0) is 11.6. The molecule has 0 saturated heterocycles. The Kier molecular flexibility index (Phi) is 3.40. The molecule has 0 radical (unpaired) electrons. The lowest BCUT2D eigenvalue weighted by Gasteiger charge is -2.02. The van der Waals surface area contributed by atoms with E-state index < -0.39 is 16.7 Å². The number of hydrogen-bond acceptors (Lipinski definition) is 4. The van der Waals surface area contributed by atoms with Gasteiger partial charge in [-0.25, -0.2) is 0 Å². The molecule has 0 aliphatic carbocycles. The van der Waals surface area contributed by atoms with Crippen LogP contribution in [0.2, 0.25) is 0 Å². The van der Waals surface area contributed by atoms with Gasteiger partial charge in [-0.2, -0.15) is 4.68 Å². The van der Waals surface area contributed by atoms with E-state index in [1.54, 1.807) is 6.92 Å². The maximum absolute atomic E-state index is 10.8. The van der Waals surface area contributed by atoms with Gasteiger partial charge < -0.3 is 15.8 Å². The van der Waals surface area contributed by atoms with Gasteiger partial charge in [0.1, 0.15) is 4.47 Å². The minimum absolute atomic E-state index is 0.224. The largest absolute Gasteiger partial charge is 0.404 e. The summed E-state index contributed by atoms with van der Waals surface area (Å²) in [6.07, 6.45) is 1.44. The lowest BCUT2D eigenvalue weighted by atomic mass is 10.2. The number of nitro groups is 1. The fourth-order valence-electron chi connectivity index (χ4n) is 0.975. The maximum Gasteiger partial charge on any atom is 0.404 e. The van der Waals surface area contributed by atoms with Crippen LogP contribution in [0.5, 0.6) is 0 Å². The van der Waals surface area contributed by atoms with E-state index in [1.807, 2.05) is 0 Å². The van der Waals surface area contributed by atoms with Crippen molar-refractivity contribution in [2.24, 2.45) is 11.7 Å². The van der Waals surface area contributed by atoms with Crippen molar-refractivity contribution in [2.75, 3.05) is 0 Å². The number of carbonyl (C=O) groups is 1. The van der Waals surface area contributed by atoms with E-state index in [4.69, 9.17) is 5.73 Å². The molecule has 1 unspecified atom stereocenters. The molecule has 1 heterocycles. The van der Waals surface area contributed by atoms with Gasteiger partial charge in [0.25, 0.3) is 0 Å². The third-order valence-electron chi connectivity index (χ3n) is 1.82. The second kappa shape index (κ2) is 4.39. The van der Waals surface area contributed by atoms with Gasteiger partial charge in [0.15, 0.2) is 0 Å². The smallest absolute Gasteiger partial charge is 0.369 e. The Labute approximate surface area is 93.5 Å². The number of halogens is 1. The maximum atomic E-state index is 10.8. The molecule has 0 bridgehead atoms. The average molecular weight is 277 g/mol. The van der Waals surface area contributed by atoms with E-state index in [9.17, 15) is 14.9 Å². The third-order valence-corrected chi connectivity index (χ3v) is 2.38. The third kappa shape index (κ3) is 2.75. The molecule has 8 heteroatoms. The highest BCUT2D eigenvalue weighted by Gasteiger charge is 2.20. The van der Waals surface area contributed by atoms with Crippen LogP contribution in [-0.4, -0.2) is 20.6 Å². The molecule has 1 rings (SSSR count). The number of nitrogens with two attached hydrogens (primary N) is 1. The van der Waals surface area contributed by atoms with Crippen LogP contribution in [0.15, 0.2) is 10.7 Å². The van der Waals surface area contributed by atoms with Crippen molar-refractivity contribution in [3.8, 4) is 0 Å². The molecule has 0 aliphatic rings. The van der Waals surface area contributed by atoms with Gasteiger partial charge in [-0.15, -0.1) is 0 Å². The number of aromatic nitrogens is 2. The minimum Gasteiger partial charge on any atom is -0.369 e. The molecular formula is C7H9BrN4O3. The zero-order valence-corrected chi connectivity index (χ0v) is 9.47. The summed E-state index contributed by atoms with van der Waals surface area (Å²) in [5.74, 6) is -1.16. The highest BCUT2D eigenvalue weighted by molar-refractivity contribution is 9.10. The second-order valence-electron chi connectivity index (χ2n) is 3.08. The molecule has 0 fully saturated rings. The van der Waals surface area contributed by atoms with Gasteiger partial charge >= 0.3 is 5.82 Å². The van der Waals surface area contributed by atoms with Gasteiger partial charge in [-0.05, 0) is 20.9 Å². The van der Waals surface area contributed by atoms with E-state index in [0.29, 0.717) is 0 Å². The lowest BCUT2D eigenvalue weighted by Crippen LogP contribution is -2.24. The summed E-state index contributed by atoms with van der Waals surface area (Å²) < 4.78 is 1.60. The molecule has 7 nitrogen and oxygen atoms in total. The average Bonchev–Trinajstić information content (AvgIpc) is 2.46. The predicted octanol–water partition coefficient (Wildman–Crippen LogP) is 0.675. The quantitative estimate of drug-likeness (QED) is 0.645. The summed E-state index contributed by atoms with van der Waals surface area (Å²) in [6, 6.07) is 0. The SMILES string of the molecule is CC(Cn1cc(Br)c([N+](=O)[O-])n1)C(N)=O. The second-order valence-corrected chi connectivity index (χ2v) is 3.94. The van der Waals surface area contributed by atoms with E-state index in [1.165, 1.54) is 10.9 Å². The van der Waals surface area contributed by atoms with Gasteiger partial charge in [0.05, 0.1) is 23.8 Å². The van der Waals surface area contributed by atoms with E-state index in [-0.39, 0.29) is 16.8 Å².